The van der Waals surface area contributed by atoms with Crippen LogP contribution in [0.15, 0.2) is 0 Å². The summed E-state index contributed by atoms with van der Waals surface area (Å²) in [5.74, 6) is -0.166. The maximum absolute atomic E-state index is 11.6. The summed E-state index contributed by atoms with van der Waals surface area (Å²) in [6, 6.07) is -0.166. The van der Waals surface area contributed by atoms with Gasteiger partial charge in [-0.3, -0.25) is 5.41 Å². The van der Waals surface area contributed by atoms with Crippen LogP contribution in [0.4, 0.5) is 0 Å². The van der Waals surface area contributed by atoms with Crippen molar-refractivity contribution in [3.63, 3.8) is 0 Å². The molecule has 0 fully saturated rings. The minimum absolute atomic E-state index is 0.0709. The molecule has 0 spiro atoms. The zero-order chi connectivity index (χ0) is 11.4. The van der Waals surface area contributed by atoms with Gasteiger partial charge in [0.25, 0.3) is 10.2 Å². The van der Waals surface area contributed by atoms with E-state index in [1.54, 1.807) is 20.8 Å². The van der Waals surface area contributed by atoms with E-state index in [1.807, 2.05) is 0 Å². The molecule has 0 radical (unpaired) electrons. The number of hydrogen-bond donors (Lipinski definition) is 3. The first-order valence-electron chi connectivity index (χ1n) is 4.40. The molecule has 0 unspecified atom stereocenters. The Morgan fingerprint density at radius 3 is 2.36 bits per heavy atom. The van der Waals surface area contributed by atoms with Crippen LogP contribution in [0, 0.1) is 5.41 Å². The molecule has 0 aliphatic heterocycles. The van der Waals surface area contributed by atoms with Gasteiger partial charge in [-0.25, -0.2) is 0 Å². The molecule has 0 saturated heterocycles. The van der Waals surface area contributed by atoms with Crippen molar-refractivity contribution in [1.29, 1.82) is 5.41 Å². The van der Waals surface area contributed by atoms with Crippen LogP contribution in [-0.2, 0) is 10.2 Å². The van der Waals surface area contributed by atoms with Gasteiger partial charge in [0.2, 0.25) is 0 Å². The summed E-state index contributed by atoms with van der Waals surface area (Å²) in [7, 11) is -3.50. The van der Waals surface area contributed by atoms with Crippen LogP contribution in [0.25, 0.3) is 0 Å². The molecule has 0 bridgehead atoms. The van der Waals surface area contributed by atoms with E-state index in [-0.39, 0.29) is 18.4 Å². The third-order valence-corrected chi connectivity index (χ3v) is 3.26. The second-order valence-electron chi connectivity index (χ2n) is 3.23. The van der Waals surface area contributed by atoms with Gasteiger partial charge in [-0.2, -0.15) is 17.4 Å². The van der Waals surface area contributed by atoms with Crippen LogP contribution < -0.4 is 10.5 Å². The number of hydrogen-bond acceptors (Lipinski definition) is 3. The molecule has 0 atom stereocenters. The van der Waals surface area contributed by atoms with E-state index in [2.05, 4.69) is 4.72 Å². The first-order chi connectivity index (χ1) is 6.29. The van der Waals surface area contributed by atoms with Gasteiger partial charge in [-0.15, -0.1) is 0 Å². The van der Waals surface area contributed by atoms with Gasteiger partial charge in [0.1, 0.15) is 5.84 Å². The zero-order valence-electron chi connectivity index (χ0n) is 8.74. The number of likely N-dealkylation sites (N-methyl/N-ethyl adjacent to an activating group) is 1. The molecule has 0 rings (SSSR count). The Morgan fingerprint density at radius 1 is 1.57 bits per heavy atom. The monoisotopic (exact) mass is 222 g/mol. The predicted octanol–water partition coefficient (Wildman–Crippen LogP) is -0.513. The summed E-state index contributed by atoms with van der Waals surface area (Å²) >= 11 is 0. The maximum Gasteiger partial charge on any atom is 0.280 e. The second-order valence-corrected chi connectivity index (χ2v) is 4.93. The predicted molar refractivity (Wildman–Crippen MR) is 56.4 cm³/mol. The van der Waals surface area contributed by atoms with Crippen molar-refractivity contribution in [1.82, 2.24) is 9.03 Å². The van der Waals surface area contributed by atoms with Crippen molar-refractivity contribution in [2.24, 2.45) is 5.73 Å². The highest BCUT2D eigenvalue weighted by Crippen LogP contribution is 1.98. The van der Waals surface area contributed by atoms with Gasteiger partial charge in [-0.1, -0.05) is 6.92 Å². The number of amidine groups is 1. The molecule has 0 aromatic carbocycles. The highest BCUT2D eigenvalue weighted by atomic mass is 32.2. The summed E-state index contributed by atoms with van der Waals surface area (Å²) in [6.45, 7) is 5.39. The van der Waals surface area contributed by atoms with Gasteiger partial charge in [0.05, 0.1) is 6.54 Å². The quantitative estimate of drug-likeness (QED) is 0.417. The molecule has 7 heteroatoms. The van der Waals surface area contributed by atoms with E-state index < -0.39 is 10.2 Å². The van der Waals surface area contributed by atoms with Gasteiger partial charge >= 0.3 is 0 Å². The molecule has 0 aliphatic carbocycles. The average molecular weight is 222 g/mol. The number of nitrogens with two attached hydrogens (primary N) is 1. The molecule has 4 N–H and O–H groups in total. The van der Waals surface area contributed by atoms with Gasteiger partial charge < -0.3 is 5.73 Å². The fraction of sp³-hybridized carbons (Fsp3) is 0.857. The minimum atomic E-state index is -3.50. The van der Waals surface area contributed by atoms with Crippen molar-refractivity contribution < 1.29 is 8.42 Å². The lowest BCUT2D eigenvalue weighted by Crippen LogP contribution is -2.46. The van der Waals surface area contributed by atoms with E-state index in [0.29, 0.717) is 6.54 Å². The molecule has 0 saturated carbocycles. The van der Waals surface area contributed by atoms with Gasteiger partial charge in [0, 0.05) is 12.6 Å². The van der Waals surface area contributed by atoms with E-state index >= 15 is 0 Å². The summed E-state index contributed by atoms with van der Waals surface area (Å²) < 4.78 is 26.7. The van der Waals surface area contributed by atoms with Crippen LogP contribution in [0.2, 0.25) is 0 Å². The number of nitrogens with zero attached hydrogens (tertiary/aromatic N) is 1. The molecule has 0 aliphatic rings. The first kappa shape index (κ1) is 13.3. The lowest BCUT2D eigenvalue weighted by atomic mass is 10.4. The minimum Gasteiger partial charge on any atom is -0.387 e. The molecule has 0 aromatic rings. The van der Waals surface area contributed by atoms with E-state index in [4.69, 9.17) is 11.1 Å². The SMILES string of the molecule is CCN(CC(=N)N)S(=O)(=O)NC(C)C. The number of nitrogens with one attached hydrogen (secondary N) is 2. The van der Waals surface area contributed by atoms with E-state index in [0.717, 1.165) is 4.31 Å². The molecule has 84 valence electrons. The molecule has 0 aromatic heterocycles. The topological polar surface area (TPSA) is 99.3 Å². The Labute approximate surface area is 85.2 Å². The normalized spacial score (nSPS) is 12.4. The lowest BCUT2D eigenvalue weighted by Gasteiger charge is -2.21. The molecule has 6 nitrogen and oxygen atoms in total. The third kappa shape index (κ3) is 4.54. The Kier molecular flexibility index (Phi) is 5.03. The Balaban J connectivity index is 4.58. The smallest absolute Gasteiger partial charge is 0.280 e. The summed E-state index contributed by atoms with van der Waals surface area (Å²) in [5.41, 5.74) is 5.15. The van der Waals surface area contributed by atoms with E-state index in [9.17, 15) is 8.42 Å². The van der Waals surface area contributed by atoms with Crippen LogP contribution in [0.5, 0.6) is 0 Å². The lowest BCUT2D eigenvalue weighted by molar-refractivity contribution is 0.448. The van der Waals surface area contributed by atoms with Crippen molar-refractivity contribution >= 4 is 16.0 Å². The third-order valence-electron chi connectivity index (χ3n) is 1.42. The summed E-state index contributed by atoms with van der Waals surface area (Å²) in [5, 5.41) is 7.03. The second kappa shape index (κ2) is 5.28. The fourth-order valence-electron chi connectivity index (χ4n) is 0.929. The maximum atomic E-state index is 11.6. The van der Waals surface area contributed by atoms with Crippen molar-refractivity contribution in [3.05, 3.63) is 0 Å². The van der Waals surface area contributed by atoms with E-state index in [1.165, 1.54) is 0 Å². The van der Waals surface area contributed by atoms with Crippen LogP contribution >= 0.6 is 0 Å². The molecule has 0 heterocycles. The fourth-order valence-corrected chi connectivity index (χ4v) is 2.32. The highest BCUT2D eigenvalue weighted by molar-refractivity contribution is 7.87. The summed E-state index contributed by atoms with van der Waals surface area (Å²) in [6.07, 6.45) is 0. The van der Waals surface area contributed by atoms with Gasteiger partial charge in [-0.05, 0) is 13.8 Å². The molecular weight excluding hydrogens is 204 g/mol. The van der Waals surface area contributed by atoms with Crippen molar-refractivity contribution in [2.75, 3.05) is 13.1 Å². The Hall–Kier alpha value is -0.660. The Bertz CT molecular complexity index is 286. The average Bonchev–Trinajstić information content (AvgIpc) is 1.96. The van der Waals surface area contributed by atoms with Crippen LogP contribution in [0.3, 0.4) is 0 Å². The van der Waals surface area contributed by atoms with Crippen molar-refractivity contribution in [3.8, 4) is 0 Å². The van der Waals surface area contributed by atoms with Gasteiger partial charge in [0.15, 0.2) is 0 Å². The van der Waals surface area contributed by atoms with Crippen molar-refractivity contribution in [2.45, 2.75) is 26.8 Å². The first-order valence-corrected chi connectivity index (χ1v) is 5.84. The molecular formula is C7H18N4O2S. The molecule has 14 heavy (non-hydrogen) atoms. The number of rotatable bonds is 6. The van der Waals surface area contributed by atoms with Crippen LogP contribution in [0.1, 0.15) is 20.8 Å². The Morgan fingerprint density at radius 2 is 2.07 bits per heavy atom. The molecule has 0 amide bonds. The summed E-state index contributed by atoms with van der Waals surface area (Å²) in [4.78, 5) is 0. The van der Waals surface area contributed by atoms with Crippen LogP contribution in [-0.4, -0.2) is 37.7 Å². The largest absolute Gasteiger partial charge is 0.387 e. The zero-order valence-corrected chi connectivity index (χ0v) is 9.56. The highest BCUT2D eigenvalue weighted by Gasteiger charge is 2.21. The standard InChI is InChI=1S/C7H18N4O2S/c1-4-11(5-7(8)9)14(12,13)10-6(2)3/h6,10H,4-5H2,1-3H3,(H3,8,9).